The maximum atomic E-state index is 13.0. The third-order valence-corrected chi connectivity index (χ3v) is 7.29. The van der Waals surface area contributed by atoms with Gasteiger partial charge in [-0.05, 0) is 36.8 Å². The molecule has 0 aliphatic carbocycles. The number of aryl methyl sites for hydroxylation is 1. The van der Waals surface area contributed by atoms with E-state index in [1.165, 1.54) is 16.7 Å². The lowest BCUT2D eigenvalue weighted by atomic mass is 10.2. The molecule has 0 saturated carbocycles. The predicted octanol–water partition coefficient (Wildman–Crippen LogP) is 1.55. The summed E-state index contributed by atoms with van der Waals surface area (Å²) in [4.78, 5) is 28.8. The lowest BCUT2D eigenvalue weighted by Crippen LogP contribution is -2.40. The second kappa shape index (κ2) is 9.69. The van der Waals surface area contributed by atoms with Gasteiger partial charge in [-0.1, -0.05) is 18.2 Å². The van der Waals surface area contributed by atoms with Crippen LogP contribution in [0, 0.1) is 6.92 Å². The Balaban J connectivity index is 1.36. The summed E-state index contributed by atoms with van der Waals surface area (Å²) in [6.45, 7) is 2.36. The average Bonchev–Trinajstić information content (AvgIpc) is 3.22. The largest absolute Gasteiger partial charge is 0.454 e. The predicted molar refractivity (Wildman–Crippen MR) is 120 cm³/mol. The van der Waals surface area contributed by atoms with Gasteiger partial charge in [-0.2, -0.15) is 4.31 Å². The van der Waals surface area contributed by atoms with Crippen molar-refractivity contribution >= 4 is 38.6 Å². The number of esters is 1. The second-order valence-corrected chi connectivity index (χ2v) is 9.47. The Bertz CT molecular complexity index is 1280. The van der Waals surface area contributed by atoms with Crippen LogP contribution in [0.4, 0.5) is 5.69 Å². The number of imidazole rings is 1. The molecule has 1 aromatic heterocycles. The van der Waals surface area contributed by atoms with Crippen LogP contribution >= 0.6 is 0 Å². The van der Waals surface area contributed by atoms with Crippen LogP contribution in [-0.2, 0) is 35.6 Å². The van der Waals surface area contributed by atoms with Crippen molar-refractivity contribution in [2.75, 3.05) is 38.2 Å². The number of aromatic nitrogens is 2. The zero-order valence-electron chi connectivity index (χ0n) is 18.1. The Hall–Kier alpha value is -3.28. The molecule has 3 aromatic rings. The molecule has 1 amide bonds. The maximum Gasteiger partial charge on any atom is 0.326 e. The van der Waals surface area contributed by atoms with Crippen molar-refractivity contribution in [3.63, 3.8) is 0 Å². The number of benzene rings is 2. The first-order chi connectivity index (χ1) is 15.8. The van der Waals surface area contributed by atoms with Gasteiger partial charge in [0.1, 0.15) is 6.54 Å². The number of hydrogen-bond acceptors (Lipinski definition) is 7. The standard InChI is InChI=1S/C22H24N4O6S/c1-16-6-7-17(12-20(16)33(29,30)26-8-10-31-11-9-26)24-21(27)14-32-22(28)13-25-15-23-18-4-2-3-5-19(18)25/h2-7,12,15H,8-11,13-14H2,1H3,(H,24,27). The third kappa shape index (κ3) is 5.21. The molecule has 11 heteroatoms. The highest BCUT2D eigenvalue weighted by atomic mass is 32.2. The summed E-state index contributed by atoms with van der Waals surface area (Å²) in [6.07, 6.45) is 1.54. The smallest absolute Gasteiger partial charge is 0.326 e. The number of sulfonamides is 1. The van der Waals surface area contributed by atoms with E-state index in [2.05, 4.69) is 10.3 Å². The van der Waals surface area contributed by atoms with Gasteiger partial charge in [-0.25, -0.2) is 13.4 Å². The van der Waals surface area contributed by atoms with Crippen LogP contribution in [0.2, 0.25) is 0 Å². The van der Waals surface area contributed by atoms with Crippen molar-refractivity contribution in [3.05, 3.63) is 54.4 Å². The lowest BCUT2D eigenvalue weighted by molar-refractivity contribution is -0.147. The zero-order valence-corrected chi connectivity index (χ0v) is 18.9. The van der Waals surface area contributed by atoms with Crippen molar-refractivity contribution in [1.29, 1.82) is 0 Å². The van der Waals surface area contributed by atoms with E-state index in [1.807, 2.05) is 24.3 Å². The first-order valence-electron chi connectivity index (χ1n) is 10.4. The zero-order chi connectivity index (χ0) is 23.4. The Labute approximate surface area is 191 Å². The number of fused-ring (bicyclic) bond motifs is 1. The number of nitrogens with zero attached hydrogens (tertiary/aromatic N) is 3. The summed E-state index contributed by atoms with van der Waals surface area (Å²) in [6, 6.07) is 12.0. The Kier molecular flexibility index (Phi) is 6.72. The van der Waals surface area contributed by atoms with E-state index in [-0.39, 0.29) is 24.5 Å². The molecule has 1 aliphatic heterocycles. The van der Waals surface area contributed by atoms with Gasteiger partial charge in [0, 0.05) is 18.8 Å². The van der Waals surface area contributed by atoms with Crippen molar-refractivity contribution in [2.24, 2.45) is 0 Å². The molecule has 0 unspecified atom stereocenters. The SMILES string of the molecule is Cc1ccc(NC(=O)COC(=O)Cn2cnc3ccccc32)cc1S(=O)(=O)N1CCOCC1. The number of rotatable bonds is 7. The van der Waals surface area contributed by atoms with E-state index in [1.54, 1.807) is 23.6 Å². The molecule has 0 bridgehead atoms. The molecule has 174 valence electrons. The molecule has 0 spiro atoms. The Morgan fingerprint density at radius 3 is 2.70 bits per heavy atom. The summed E-state index contributed by atoms with van der Waals surface area (Å²) in [5, 5.41) is 2.59. The van der Waals surface area contributed by atoms with Gasteiger partial charge < -0.3 is 19.4 Å². The number of hydrogen-bond donors (Lipinski definition) is 1. The van der Waals surface area contributed by atoms with Gasteiger partial charge in [0.05, 0.1) is 35.5 Å². The summed E-state index contributed by atoms with van der Waals surface area (Å²) in [7, 11) is -3.72. The third-order valence-electron chi connectivity index (χ3n) is 5.25. The van der Waals surface area contributed by atoms with Gasteiger partial charge in [0.15, 0.2) is 6.61 Å². The maximum absolute atomic E-state index is 13.0. The molecule has 2 aromatic carbocycles. The van der Waals surface area contributed by atoms with E-state index in [9.17, 15) is 18.0 Å². The highest BCUT2D eigenvalue weighted by molar-refractivity contribution is 7.89. The van der Waals surface area contributed by atoms with E-state index in [4.69, 9.17) is 9.47 Å². The van der Waals surface area contributed by atoms with E-state index >= 15 is 0 Å². The highest BCUT2D eigenvalue weighted by Crippen LogP contribution is 2.24. The normalized spacial score (nSPS) is 14.8. The van der Waals surface area contributed by atoms with Crippen LogP contribution in [0.3, 0.4) is 0 Å². The minimum atomic E-state index is -3.72. The minimum absolute atomic E-state index is 0.0831. The van der Waals surface area contributed by atoms with Crippen LogP contribution < -0.4 is 5.32 Å². The fourth-order valence-corrected chi connectivity index (χ4v) is 5.20. The van der Waals surface area contributed by atoms with Gasteiger partial charge >= 0.3 is 5.97 Å². The number of para-hydroxylation sites is 2. The average molecular weight is 473 g/mol. The molecular formula is C22H24N4O6S. The van der Waals surface area contributed by atoms with Crippen molar-refractivity contribution in [2.45, 2.75) is 18.4 Å². The fourth-order valence-electron chi connectivity index (χ4n) is 3.55. The number of carbonyl (C=O) groups excluding carboxylic acids is 2. The summed E-state index contributed by atoms with van der Waals surface area (Å²) >= 11 is 0. The summed E-state index contributed by atoms with van der Waals surface area (Å²) in [5.41, 5.74) is 2.41. The number of amides is 1. The van der Waals surface area contributed by atoms with Crippen LogP contribution in [0.15, 0.2) is 53.7 Å². The Morgan fingerprint density at radius 1 is 1.15 bits per heavy atom. The van der Waals surface area contributed by atoms with Gasteiger partial charge in [-0.15, -0.1) is 0 Å². The van der Waals surface area contributed by atoms with Gasteiger partial charge in [-0.3, -0.25) is 9.59 Å². The van der Waals surface area contributed by atoms with Crippen LogP contribution in [-0.4, -0.2) is 67.1 Å². The van der Waals surface area contributed by atoms with E-state index in [0.29, 0.717) is 24.5 Å². The molecule has 1 fully saturated rings. The quantitative estimate of drug-likeness (QED) is 0.518. The first kappa shape index (κ1) is 22.9. The molecular weight excluding hydrogens is 448 g/mol. The number of anilines is 1. The molecule has 4 rings (SSSR count). The molecule has 2 heterocycles. The topological polar surface area (TPSA) is 120 Å². The van der Waals surface area contributed by atoms with E-state index in [0.717, 1.165) is 11.0 Å². The molecule has 1 saturated heterocycles. The van der Waals surface area contributed by atoms with Crippen LogP contribution in [0.25, 0.3) is 11.0 Å². The number of carbonyl (C=O) groups is 2. The summed E-state index contributed by atoms with van der Waals surface area (Å²) in [5.74, 6) is -1.16. The monoisotopic (exact) mass is 472 g/mol. The van der Waals surface area contributed by atoms with Gasteiger partial charge in [0.25, 0.3) is 5.91 Å². The molecule has 33 heavy (non-hydrogen) atoms. The second-order valence-electron chi connectivity index (χ2n) is 7.57. The lowest BCUT2D eigenvalue weighted by Gasteiger charge is -2.26. The molecule has 1 N–H and O–H groups in total. The fraction of sp³-hybridized carbons (Fsp3) is 0.318. The highest BCUT2D eigenvalue weighted by Gasteiger charge is 2.28. The van der Waals surface area contributed by atoms with Crippen molar-refractivity contribution in [3.8, 4) is 0 Å². The molecule has 10 nitrogen and oxygen atoms in total. The summed E-state index contributed by atoms with van der Waals surface area (Å²) < 4.78 is 39.3. The van der Waals surface area contributed by atoms with E-state index < -0.39 is 28.5 Å². The van der Waals surface area contributed by atoms with Crippen LogP contribution in [0.1, 0.15) is 5.56 Å². The number of morpholine rings is 1. The molecule has 0 radical (unpaired) electrons. The van der Waals surface area contributed by atoms with Crippen LogP contribution in [0.5, 0.6) is 0 Å². The molecule has 0 atom stereocenters. The Morgan fingerprint density at radius 2 is 1.91 bits per heavy atom. The van der Waals surface area contributed by atoms with Crippen molar-refractivity contribution < 1.29 is 27.5 Å². The first-order valence-corrected chi connectivity index (χ1v) is 11.8. The van der Waals surface area contributed by atoms with Crippen molar-refractivity contribution in [1.82, 2.24) is 13.9 Å². The van der Waals surface area contributed by atoms with Gasteiger partial charge in [0.2, 0.25) is 10.0 Å². The minimum Gasteiger partial charge on any atom is -0.454 e. The molecule has 1 aliphatic rings. The number of ether oxygens (including phenoxy) is 2. The number of nitrogens with one attached hydrogen (secondary N) is 1.